The van der Waals surface area contributed by atoms with Gasteiger partial charge in [0.05, 0.1) is 32.0 Å². The van der Waals surface area contributed by atoms with E-state index in [0.29, 0.717) is 33.6 Å². The molecule has 11 nitrogen and oxygen atoms in total. The first-order valence-corrected chi connectivity index (χ1v) is 9.59. The van der Waals surface area contributed by atoms with Crippen LogP contribution in [0.25, 0.3) is 0 Å². The molecule has 0 aliphatic carbocycles. The minimum atomic E-state index is -0.612. The number of aromatic nitrogens is 3. The van der Waals surface area contributed by atoms with Crippen molar-refractivity contribution in [3.8, 4) is 17.2 Å². The molecule has 0 aliphatic rings. The third-order valence-corrected chi connectivity index (χ3v) is 4.67. The van der Waals surface area contributed by atoms with Crippen LogP contribution in [0.3, 0.4) is 0 Å². The van der Waals surface area contributed by atoms with E-state index in [0.717, 1.165) is 4.68 Å². The molecule has 12 heteroatoms. The summed E-state index contributed by atoms with van der Waals surface area (Å²) in [5.74, 6) is 0.314. The highest BCUT2D eigenvalue weighted by Crippen LogP contribution is 2.30. The van der Waals surface area contributed by atoms with Crippen LogP contribution < -0.4 is 30.6 Å². The second-order valence-corrected chi connectivity index (χ2v) is 6.81. The summed E-state index contributed by atoms with van der Waals surface area (Å²) in [6, 6.07) is 9.69. The molecular formula is C20H21ClN6O5. The lowest BCUT2D eigenvalue weighted by molar-refractivity contribution is -0.116. The Kier molecular flexibility index (Phi) is 7.00. The number of hydrogen-bond acceptors (Lipinski definition) is 8. The third-order valence-electron chi connectivity index (χ3n) is 4.37. The number of anilines is 3. The highest BCUT2D eigenvalue weighted by Gasteiger charge is 2.20. The molecule has 0 bridgehead atoms. The van der Waals surface area contributed by atoms with E-state index in [4.69, 9.17) is 31.5 Å². The van der Waals surface area contributed by atoms with E-state index in [1.54, 1.807) is 36.4 Å². The van der Waals surface area contributed by atoms with Gasteiger partial charge in [0.15, 0.2) is 11.5 Å². The predicted molar refractivity (Wildman–Crippen MR) is 119 cm³/mol. The van der Waals surface area contributed by atoms with Crippen molar-refractivity contribution in [1.29, 1.82) is 0 Å². The maximum Gasteiger partial charge on any atom is 0.280 e. The lowest BCUT2D eigenvalue weighted by atomic mass is 10.2. The molecule has 0 unspecified atom stereocenters. The molecule has 0 saturated carbocycles. The van der Waals surface area contributed by atoms with Gasteiger partial charge in [0.1, 0.15) is 23.8 Å². The van der Waals surface area contributed by atoms with E-state index in [2.05, 4.69) is 20.9 Å². The SMILES string of the molecule is COc1ccc(NC(=O)c2nnn(CC(=O)Nc3ccc(OC)c(Cl)c3)c2N)c(OC)c1. The van der Waals surface area contributed by atoms with Gasteiger partial charge in [-0.2, -0.15) is 0 Å². The number of carbonyl (C=O) groups excluding carboxylic acids is 2. The second-order valence-electron chi connectivity index (χ2n) is 6.40. The molecular weight excluding hydrogens is 440 g/mol. The summed E-state index contributed by atoms with van der Waals surface area (Å²) in [4.78, 5) is 25.0. The number of halogens is 1. The van der Waals surface area contributed by atoms with Crippen LogP contribution in [0.4, 0.5) is 17.2 Å². The maximum absolute atomic E-state index is 12.6. The van der Waals surface area contributed by atoms with Gasteiger partial charge in [-0.15, -0.1) is 5.10 Å². The van der Waals surface area contributed by atoms with Crippen LogP contribution in [0.5, 0.6) is 17.2 Å². The summed E-state index contributed by atoms with van der Waals surface area (Å²) < 4.78 is 16.6. The highest BCUT2D eigenvalue weighted by molar-refractivity contribution is 6.32. The number of rotatable bonds is 8. The highest BCUT2D eigenvalue weighted by atomic mass is 35.5. The molecule has 2 amide bonds. The first-order chi connectivity index (χ1) is 15.4. The maximum atomic E-state index is 12.6. The third kappa shape index (κ3) is 5.01. The molecule has 2 aromatic carbocycles. The van der Waals surface area contributed by atoms with E-state index in [-0.39, 0.29) is 18.1 Å². The zero-order chi connectivity index (χ0) is 23.3. The molecule has 0 fully saturated rings. The summed E-state index contributed by atoms with van der Waals surface area (Å²) in [5, 5.41) is 13.2. The van der Waals surface area contributed by atoms with Gasteiger partial charge in [-0.25, -0.2) is 4.68 Å². The average Bonchev–Trinajstić information content (AvgIpc) is 3.14. The molecule has 168 valence electrons. The van der Waals surface area contributed by atoms with Crippen LogP contribution in [-0.4, -0.2) is 48.1 Å². The zero-order valence-electron chi connectivity index (χ0n) is 17.5. The van der Waals surface area contributed by atoms with Gasteiger partial charge in [0.25, 0.3) is 5.91 Å². The van der Waals surface area contributed by atoms with Crippen molar-refractivity contribution >= 4 is 40.6 Å². The Hall–Kier alpha value is -3.99. The van der Waals surface area contributed by atoms with Crippen molar-refractivity contribution in [2.45, 2.75) is 6.54 Å². The van der Waals surface area contributed by atoms with E-state index >= 15 is 0 Å². The molecule has 0 saturated heterocycles. The lowest BCUT2D eigenvalue weighted by Crippen LogP contribution is -2.21. The number of nitrogens with two attached hydrogens (primary N) is 1. The first-order valence-electron chi connectivity index (χ1n) is 9.22. The molecule has 4 N–H and O–H groups in total. The van der Waals surface area contributed by atoms with Crippen molar-refractivity contribution in [2.75, 3.05) is 37.7 Å². The summed E-state index contributed by atoms with van der Waals surface area (Å²) in [5.41, 5.74) is 6.70. The second kappa shape index (κ2) is 9.88. The smallest absolute Gasteiger partial charge is 0.280 e. The minimum Gasteiger partial charge on any atom is -0.497 e. The number of hydrogen-bond donors (Lipinski definition) is 3. The molecule has 1 aromatic heterocycles. The lowest BCUT2D eigenvalue weighted by Gasteiger charge is -2.11. The Labute approximate surface area is 188 Å². The molecule has 3 rings (SSSR count). The minimum absolute atomic E-state index is 0.0714. The predicted octanol–water partition coefficient (Wildman–Crippen LogP) is 2.43. The van der Waals surface area contributed by atoms with Gasteiger partial charge in [-0.3, -0.25) is 9.59 Å². The standard InChI is InChI=1S/C20H21ClN6O5/c1-30-12-5-6-14(16(9-12)32-3)24-20(29)18-19(22)27(26-25-18)10-17(28)23-11-4-7-15(31-2)13(21)8-11/h4-9H,10,22H2,1-3H3,(H,23,28)(H,24,29). The van der Waals surface area contributed by atoms with Crippen LogP contribution in [0, 0.1) is 0 Å². The Balaban J connectivity index is 1.69. The fraction of sp³-hybridized carbons (Fsp3) is 0.200. The van der Waals surface area contributed by atoms with E-state index < -0.39 is 11.8 Å². The fourth-order valence-electron chi connectivity index (χ4n) is 2.76. The Bertz CT molecular complexity index is 1150. The topological polar surface area (TPSA) is 143 Å². The number of ether oxygens (including phenoxy) is 3. The average molecular weight is 461 g/mol. The number of nitrogen functional groups attached to an aromatic ring is 1. The zero-order valence-corrected chi connectivity index (χ0v) is 18.3. The Morgan fingerprint density at radius 1 is 1.03 bits per heavy atom. The van der Waals surface area contributed by atoms with E-state index in [1.807, 2.05) is 0 Å². The molecule has 0 aliphatic heterocycles. The van der Waals surface area contributed by atoms with Crippen LogP contribution in [0.2, 0.25) is 5.02 Å². The normalized spacial score (nSPS) is 10.4. The molecule has 32 heavy (non-hydrogen) atoms. The summed E-state index contributed by atoms with van der Waals surface area (Å²) in [6.45, 7) is -0.262. The van der Waals surface area contributed by atoms with Crippen molar-refractivity contribution in [2.24, 2.45) is 0 Å². The fourth-order valence-corrected chi connectivity index (χ4v) is 3.02. The number of nitrogens with one attached hydrogen (secondary N) is 2. The number of benzene rings is 2. The summed E-state index contributed by atoms with van der Waals surface area (Å²) in [7, 11) is 4.47. The summed E-state index contributed by atoms with van der Waals surface area (Å²) in [6.07, 6.45) is 0. The Morgan fingerprint density at radius 3 is 2.44 bits per heavy atom. The number of nitrogens with zero attached hydrogens (tertiary/aromatic N) is 3. The van der Waals surface area contributed by atoms with Crippen molar-refractivity contribution in [3.63, 3.8) is 0 Å². The monoisotopic (exact) mass is 460 g/mol. The number of carbonyl (C=O) groups is 2. The Morgan fingerprint density at radius 2 is 1.78 bits per heavy atom. The van der Waals surface area contributed by atoms with Gasteiger partial charge in [-0.05, 0) is 30.3 Å². The van der Waals surface area contributed by atoms with Gasteiger partial charge in [-0.1, -0.05) is 16.8 Å². The molecule has 0 spiro atoms. The van der Waals surface area contributed by atoms with Crippen LogP contribution in [0.15, 0.2) is 36.4 Å². The van der Waals surface area contributed by atoms with Crippen molar-refractivity contribution < 1.29 is 23.8 Å². The van der Waals surface area contributed by atoms with Gasteiger partial charge >= 0.3 is 0 Å². The largest absolute Gasteiger partial charge is 0.497 e. The van der Waals surface area contributed by atoms with Crippen molar-refractivity contribution in [1.82, 2.24) is 15.0 Å². The molecule has 3 aromatic rings. The molecule has 0 atom stereocenters. The van der Waals surface area contributed by atoms with Gasteiger partial charge in [0, 0.05) is 11.8 Å². The number of methoxy groups -OCH3 is 3. The van der Waals surface area contributed by atoms with E-state index in [1.165, 1.54) is 21.3 Å². The molecule has 0 radical (unpaired) electrons. The summed E-state index contributed by atoms with van der Waals surface area (Å²) >= 11 is 6.06. The van der Waals surface area contributed by atoms with Gasteiger partial charge in [0.2, 0.25) is 5.91 Å². The van der Waals surface area contributed by atoms with Crippen LogP contribution in [-0.2, 0) is 11.3 Å². The number of amides is 2. The van der Waals surface area contributed by atoms with Crippen LogP contribution in [0.1, 0.15) is 10.5 Å². The van der Waals surface area contributed by atoms with Gasteiger partial charge < -0.3 is 30.6 Å². The molecule has 1 heterocycles. The van der Waals surface area contributed by atoms with Crippen LogP contribution >= 0.6 is 11.6 Å². The van der Waals surface area contributed by atoms with E-state index in [9.17, 15) is 9.59 Å². The first kappa shape index (κ1) is 22.7. The quantitative estimate of drug-likeness (QED) is 0.465. The van der Waals surface area contributed by atoms with Crippen molar-refractivity contribution in [3.05, 3.63) is 47.1 Å².